The van der Waals surface area contributed by atoms with Crippen molar-refractivity contribution >= 4 is 11.3 Å². The molecular formula is C17H24N2OS. The second-order valence-corrected chi connectivity index (χ2v) is 7.19. The first-order valence-electron chi connectivity index (χ1n) is 7.33. The third kappa shape index (κ3) is 4.29. The molecule has 114 valence electrons. The van der Waals surface area contributed by atoms with Crippen molar-refractivity contribution in [1.29, 1.82) is 0 Å². The van der Waals surface area contributed by atoms with Gasteiger partial charge in [0.2, 0.25) is 0 Å². The predicted octanol–water partition coefficient (Wildman–Crippen LogP) is 4.43. The quantitative estimate of drug-likeness (QED) is 0.889. The van der Waals surface area contributed by atoms with Gasteiger partial charge >= 0.3 is 0 Å². The summed E-state index contributed by atoms with van der Waals surface area (Å²) in [4.78, 5) is 4.63. The molecule has 0 unspecified atom stereocenters. The van der Waals surface area contributed by atoms with Gasteiger partial charge in [-0.1, -0.05) is 39.8 Å². The molecular weight excluding hydrogens is 280 g/mol. The van der Waals surface area contributed by atoms with Gasteiger partial charge in [-0.2, -0.15) is 0 Å². The Kier molecular flexibility index (Phi) is 5.01. The van der Waals surface area contributed by atoms with Crippen molar-refractivity contribution in [3.8, 4) is 5.75 Å². The van der Waals surface area contributed by atoms with Gasteiger partial charge in [0.05, 0.1) is 5.69 Å². The van der Waals surface area contributed by atoms with Crippen molar-refractivity contribution in [3.05, 3.63) is 45.9 Å². The van der Waals surface area contributed by atoms with Crippen LogP contribution in [0.15, 0.2) is 29.6 Å². The van der Waals surface area contributed by atoms with Gasteiger partial charge in [0.25, 0.3) is 0 Å². The maximum Gasteiger partial charge on any atom is 0.140 e. The molecule has 0 radical (unpaired) electrons. The topological polar surface area (TPSA) is 48.1 Å². The van der Waals surface area contributed by atoms with E-state index in [9.17, 15) is 0 Å². The number of nitrogens with zero attached hydrogens (tertiary/aromatic N) is 1. The summed E-state index contributed by atoms with van der Waals surface area (Å²) in [5.74, 6) is 0.856. The zero-order chi connectivity index (χ0) is 15.5. The minimum atomic E-state index is 0.0900. The van der Waals surface area contributed by atoms with Crippen LogP contribution in [0.1, 0.15) is 56.4 Å². The molecule has 2 rings (SSSR count). The Bertz CT molecular complexity index is 569. The summed E-state index contributed by atoms with van der Waals surface area (Å²) in [6.07, 6.45) is 0.939. The van der Waals surface area contributed by atoms with Crippen LogP contribution in [0.4, 0.5) is 0 Å². The normalized spacial score (nSPS) is 13.2. The van der Waals surface area contributed by atoms with Gasteiger partial charge in [-0.15, -0.1) is 11.3 Å². The van der Waals surface area contributed by atoms with Crippen LogP contribution in [0.3, 0.4) is 0 Å². The van der Waals surface area contributed by atoms with Crippen molar-refractivity contribution in [3.63, 3.8) is 0 Å². The van der Waals surface area contributed by atoms with E-state index in [2.05, 4.69) is 38.1 Å². The molecule has 2 N–H and O–H groups in total. The Morgan fingerprint density at radius 3 is 2.43 bits per heavy atom. The molecule has 1 aromatic heterocycles. The first-order chi connectivity index (χ1) is 9.90. The number of hydrogen-bond acceptors (Lipinski definition) is 4. The van der Waals surface area contributed by atoms with Gasteiger partial charge in [0, 0.05) is 16.8 Å². The lowest BCUT2D eigenvalue weighted by Crippen LogP contribution is -2.11. The number of benzene rings is 1. The van der Waals surface area contributed by atoms with Gasteiger partial charge in [-0.3, -0.25) is 0 Å². The Labute approximate surface area is 131 Å². The highest BCUT2D eigenvalue weighted by atomic mass is 32.1. The molecule has 0 saturated carbocycles. The number of aromatic nitrogens is 1. The zero-order valence-electron chi connectivity index (χ0n) is 13.2. The SMILES string of the molecule is CC[C@@H](N)c1ccc(OCc2nc(C(C)(C)C)cs2)cc1. The Hall–Kier alpha value is -1.39. The second kappa shape index (κ2) is 6.58. The van der Waals surface area contributed by atoms with Crippen LogP contribution in [0.25, 0.3) is 0 Å². The van der Waals surface area contributed by atoms with Crippen LogP contribution in [0.2, 0.25) is 0 Å². The molecule has 1 heterocycles. The van der Waals surface area contributed by atoms with Gasteiger partial charge < -0.3 is 10.5 Å². The van der Waals surface area contributed by atoms with E-state index >= 15 is 0 Å². The summed E-state index contributed by atoms with van der Waals surface area (Å²) in [6.45, 7) is 9.11. The van der Waals surface area contributed by atoms with E-state index in [1.807, 2.05) is 24.3 Å². The molecule has 0 amide bonds. The molecule has 0 aliphatic rings. The highest BCUT2D eigenvalue weighted by Crippen LogP contribution is 2.25. The highest BCUT2D eigenvalue weighted by molar-refractivity contribution is 7.09. The molecule has 0 fully saturated rings. The Morgan fingerprint density at radius 1 is 1.24 bits per heavy atom. The van der Waals surface area contributed by atoms with E-state index in [4.69, 9.17) is 10.5 Å². The molecule has 0 aliphatic carbocycles. The third-order valence-corrected chi connectivity index (χ3v) is 4.25. The summed E-state index contributed by atoms with van der Waals surface area (Å²) < 4.78 is 5.79. The maximum absolute atomic E-state index is 6.00. The zero-order valence-corrected chi connectivity index (χ0v) is 14.0. The van der Waals surface area contributed by atoms with E-state index in [-0.39, 0.29) is 11.5 Å². The number of nitrogens with two attached hydrogens (primary N) is 1. The van der Waals surface area contributed by atoms with Crippen LogP contribution in [-0.4, -0.2) is 4.98 Å². The smallest absolute Gasteiger partial charge is 0.140 e. The minimum Gasteiger partial charge on any atom is -0.486 e. The van der Waals surface area contributed by atoms with Crippen molar-refractivity contribution < 1.29 is 4.74 Å². The van der Waals surface area contributed by atoms with Gasteiger partial charge in [0.15, 0.2) is 0 Å². The van der Waals surface area contributed by atoms with Crippen LogP contribution in [0.5, 0.6) is 5.75 Å². The molecule has 0 bridgehead atoms. The number of thiazole rings is 1. The highest BCUT2D eigenvalue weighted by Gasteiger charge is 2.17. The fraction of sp³-hybridized carbons (Fsp3) is 0.471. The lowest BCUT2D eigenvalue weighted by molar-refractivity contribution is 0.304. The average molecular weight is 304 g/mol. The molecule has 4 heteroatoms. The molecule has 2 aromatic rings. The number of rotatable bonds is 5. The monoisotopic (exact) mass is 304 g/mol. The van der Waals surface area contributed by atoms with Gasteiger partial charge in [-0.05, 0) is 24.1 Å². The molecule has 0 saturated heterocycles. The van der Waals surface area contributed by atoms with Crippen molar-refractivity contribution in [2.24, 2.45) is 5.73 Å². The first kappa shape index (κ1) is 16.0. The van der Waals surface area contributed by atoms with Crippen molar-refractivity contribution in [1.82, 2.24) is 4.98 Å². The number of hydrogen-bond donors (Lipinski definition) is 1. The lowest BCUT2D eigenvalue weighted by Gasteiger charge is -2.14. The number of ether oxygens (including phenoxy) is 1. The fourth-order valence-corrected chi connectivity index (χ4v) is 2.85. The Balaban J connectivity index is 1.95. The molecule has 0 spiro atoms. The van der Waals surface area contributed by atoms with Gasteiger partial charge in [-0.25, -0.2) is 4.98 Å². The van der Waals surface area contributed by atoms with E-state index in [0.29, 0.717) is 6.61 Å². The molecule has 3 nitrogen and oxygen atoms in total. The van der Waals surface area contributed by atoms with E-state index in [1.165, 1.54) is 0 Å². The second-order valence-electron chi connectivity index (χ2n) is 6.25. The van der Waals surface area contributed by atoms with E-state index < -0.39 is 0 Å². The summed E-state index contributed by atoms with van der Waals surface area (Å²) in [7, 11) is 0. The minimum absolute atomic E-state index is 0.0900. The maximum atomic E-state index is 6.00. The van der Waals surface area contributed by atoms with E-state index in [0.717, 1.165) is 28.4 Å². The van der Waals surface area contributed by atoms with Gasteiger partial charge in [0.1, 0.15) is 17.4 Å². The lowest BCUT2D eigenvalue weighted by atomic mass is 9.93. The fourth-order valence-electron chi connectivity index (χ4n) is 1.91. The van der Waals surface area contributed by atoms with Crippen LogP contribution in [0, 0.1) is 0 Å². The van der Waals surface area contributed by atoms with Crippen LogP contribution >= 0.6 is 11.3 Å². The van der Waals surface area contributed by atoms with Crippen molar-refractivity contribution in [2.45, 2.75) is 52.2 Å². The van der Waals surface area contributed by atoms with E-state index in [1.54, 1.807) is 11.3 Å². The summed E-state index contributed by atoms with van der Waals surface area (Å²) in [5, 5.41) is 3.12. The first-order valence-corrected chi connectivity index (χ1v) is 8.21. The van der Waals surface area contributed by atoms with Crippen LogP contribution in [-0.2, 0) is 12.0 Å². The summed E-state index contributed by atoms with van der Waals surface area (Å²) >= 11 is 1.65. The molecule has 1 aromatic carbocycles. The molecule has 1 atom stereocenters. The standard InChI is InChI=1S/C17H24N2OS/c1-5-14(18)12-6-8-13(9-7-12)20-10-16-19-15(11-21-16)17(2,3)4/h6-9,11,14H,5,10,18H2,1-4H3/t14-/m1/s1. The summed E-state index contributed by atoms with van der Waals surface area (Å²) in [6, 6.07) is 8.12. The molecule has 21 heavy (non-hydrogen) atoms. The average Bonchev–Trinajstić information content (AvgIpc) is 2.94. The van der Waals surface area contributed by atoms with Crippen LogP contribution < -0.4 is 10.5 Å². The van der Waals surface area contributed by atoms with Crippen molar-refractivity contribution in [2.75, 3.05) is 0 Å². The largest absolute Gasteiger partial charge is 0.486 e. The predicted molar refractivity (Wildman–Crippen MR) is 88.8 cm³/mol. The molecule has 0 aliphatic heterocycles. The summed E-state index contributed by atoms with van der Waals surface area (Å²) in [5.41, 5.74) is 8.36. The third-order valence-electron chi connectivity index (χ3n) is 3.43. The Morgan fingerprint density at radius 2 is 1.90 bits per heavy atom.